The van der Waals surface area contributed by atoms with E-state index in [1.165, 1.54) is 5.56 Å². The molecular weight excluding hydrogens is 340 g/mol. The van der Waals surface area contributed by atoms with Gasteiger partial charge in [-0.05, 0) is 49.7 Å². The van der Waals surface area contributed by atoms with E-state index in [1.807, 2.05) is 24.0 Å². The van der Waals surface area contributed by atoms with Crippen LogP contribution in [0.5, 0.6) is 0 Å². The van der Waals surface area contributed by atoms with Gasteiger partial charge in [0.15, 0.2) is 5.78 Å². The molecule has 142 valence electrons. The summed E-state index contributed by atoms with van der Waals surface area (Å²) >= 11 is 0. The van der Waals surface area contributed by atoms with Crippen LogP contribution in [-0.4, -0.2) is 39.8 Å². The Morgan fingerprint density at radius 2 is 1.96 bits per heavy atom. The van der Waals surface area contributed by atoms with E-state index in [0.717, 1.165) is 55.7 Å². The molecule has 1 aliphatic carbocycles. The van der Waals surface area contributed by atoms with Gasteiger partial charge in [-0.2, -0.15) is 0 Å². The largest absolute Gasteiger partial charge is 0.392 e. The zero-order valence-corrected chi connectivity index (χ0v) is 15.8. The van der Waals surface area contributed by atoms with Crippen molar-refractivity contribution in [1.82, 2.24) is 9.88 Å². The third-order valence-corrected chi connectivity index (χ3v) is 5.89. The number of Topliss-reactive ketones (excluding diaryl/α,β-unsaturated/α-hetero) is 1. The molecule has 5 heteroatoms. The van der Waals surface area contributed by atoms with Crippen LogP contribution in [0.1, 0.15) is 62.5 Å². The molecule has 1 atom stereocenters. The fourth-order valence-electron chi connectivity index (χ4n) is 4.46. The number of rotatable bonds is 4. The van der Waals surface area contributed by atoms with Crippen molar-refractivity contribution in [2.24, 2.45) is 5.92 Å². The molecule has 1 aromatic heterocycles. The number of aromatic nitrogens is 1. The number of carbonyl (C=O) groups is 2. The summed E-state index contributed by atoms with van der Waals surface area (Å²) in [6.45, 7) is 3.43. The van der Waals surface area contributed by atoms with E-state index in [9.17, 15) is 9.59 Å². The normalized spacial score (nSPS) is 19.4. The maximum Gasteiger partial charge on any atom is 0.256 e. The first-order valence-corrected chi connectivity index (χ1v) is 9.79. The van der Waals surface area contributed by atoms with E-state index in [4.69, 9.17) is 5.11 Å². The Kier molecular flexibility index (Phi) is 4.87. The lowest BCUT2D eigenvalue weighted by molar-refractivity contribution is 0.0780. The minimum absolute atomic E-state index is 0.00150. The van der Waals surface area contributed by atoms with Crippen molar-refractivity contribution in [2.75, 3.05) is 13.1 Å². The summed E-state index contributed by atoms with van der Waals surface area (Å²) < 4.78 is 0. The number of nitrogens with one attached hydrogen (secondary N) is 1. The van der Waals surface area contributed by atoms with Crippen LogP contribution in [0.25, 0.3) is 0 Å². The smallest absolute Gasteiger partial charge is 0.256 e. The second-order valence-electron chi connectivity index (χ2n) is 7.84. The highest BCUT2D eigenvalue weighted by Gasteiger charge is 2.33. The van der Waals surface area contributed by atoms with Gasteiger partial charge < -0.3 is 15.0 Å². The van der Waals surface area contributed by atoms with E-state index < -0.39 is 0 Å². The number of amides is 1. The lowest BCUT2D eigenvalue weighted by Gasteiger charge is -2.19. The Labute approximate surface area is 159 Å². The molecule has 0 radical (unpaired) electrons. The summed E-state index contributed by atoms with van der Waals surface area (Å²) in [6.07, 6.45) is 4.16. The van der Waals surface area contributed by atoms with Crippen LogP contribution in [0.2, 0.25) is 0 Å². The number of aromatic amines is 1. The van der Waals surface area contributed by atoms with Crippen molar-refractivity contribution in [3.8, 4) is 0 Å². The molecule has 0 unspecified atom stereocenters. The van der Waals surface area contributed by atoms with E-state index in [1.54, 1.807) is 0 Å². The first kappa shape index (κ1) is 18.0. The fraction of sp³-hybridized carbons (Fsp3) is 0.455. The van der Waals surface area contributed by atoms with Gasteiger partial charge in [0.2, 0.25) is 0 Å². The molecule has 0 spiro atoms. The summed E-state index contributed by atoms with van der Waals surface area (Å²) in [5.41, 5.74) is 5.15. The Morgan fingerprint density at radius 3 is 2.70 bits per heavy atom. The van der Waals surface area contributed by atoms with E-state index in [0.29, 0.717) is 23.5 Å². The summed E-state index contributed by atoms with van der Waals surface area (Å²) in [4.78, 5) is 30.7. The van der Waals surface area contributed by atoms with Crippen LogP contribution < -0.4 is 0 Å². The maximum atomic E-state index is 13.2. The Hall–Kier alpha value is -2.40. The first-order valence-electron chi connectivity index (χ1n) is 9.79. The molecule has 0 saturated carbocycles. The van der Waals surface area contributed by atoms with Crippen LogP contribution in [0.3, 0.4) is 0 Å². The van der Waals surface area contributed by atoms with Gasteiger partial charge in [-0.3, -0.25) is 9.59 Å². The molecule has 2 heterocycles. The maximum absolute atomic E-state index is 13.2. The molecule has 27 heavy (non-hydrogen) atoms. The van der Waals surface area contributed by atoms with Gasteiger partial charge in [-0.25, -0.2) is 0 Å². The Bertz CT molecular complexity index is 866. The third kappa shape index (κ3) is 3.44. The Balaban J connectivity index is 1.47. The summed E-state index contributed by atoms with van der Waals surface area (Å²) in [5, 5.41) is 9.15. The monoisotopic (exact) mass is 366 g/mol. The van der Waals surface area contributed by atoms with Crippen molar-refractivity contribution in [3.63, 3.8) is 0 Å². The minimum Gasteiger partial charge on any atom is -0.392 e. The standard InChI is InChI=1S/C22H26N2O3/c1-14-20(21-18(23-14)3-2-4-19(21)26)22(27)24-10-9-17(12-24)11-15-5-7-16(13-25)8-6-15/h5-8,17,23,25H,2-4,9-13H2,1H3/t17-/m0/s1. The number of aliphatic hydroxyl groups excluding tert-OH is 1. The number of hydrogen-bond donors (Lipinski definition) is 2. The number of ketones is 1. The van der Waals surface area contributed by atoms with Gasteiger partial charge in [0.25, 0.3) is 5.91 Å². The number of nitrogens with zero attached hydrogens (tertiary/aromatic N) is 1. The van der Waals surface area contributed by atoms with Crippen LogP contribution in [-0.2, 0) is 19.4 Å². The number of aliphatic hydroxyl groups is 1. The van der Waals surface area contributed by atoms with E-state index in [-0.39, 0.29) is 18.3 Å². The number of H-pyrrole nitrogens is 1. The minimum atomic E-state index is -0.00150. The molecule has 1 aliphatic heterocycles. The predicted octanol–water partition coefficient (Wildman–Crippen LogP) is 3.04. The lowest BCUT2D eigenvalue weighted by Crippen LogP contribution is -2.30. The number of likely N-dealkylation sites (tertiary alicyclic amines) is 1. The number of benzene rings is 1. The van der Waals surface area contributed by atoms with Crippen LogP contribution in [0.15, 0.2) is 24.3 Å². The van der Waals surface area contributed by atoms with Gasteiger partial charge >= 0.3 is 0 Å². The van der Waals surface area contributed by atoms with E-state index in [2.05, 4.69) is 17.1 Å². The van der Waals surface area contributed by atoms with Crippen molar-refractivity contribution < 1.29 is 14.7 Å². The van der Waals surface area contributed by atoms with Crippen molar-refractivity contribution >= 4 is 11.7 Å². The zero-order valence-electron chi connectivity index (χ0n) is 15.8. The van der Waals surface area contributed by atoms with Gasteiger partial charge in [-0.15, -0.1) is 0 Å². The highest BCUT2D eigenvalue weighted by atomic mass is 16.3. The molecule has 2 aliphatic rings. The molecule has 1 saturated heterocycles. The van der Waals surface area contributed by atoms with Crippen LogP contribution in [0, 0.1) is 12.8 Å². The molecule has 0 bridgehead atoms. The number of hydrogen-bond acceptors (Lipinski definition) is 3. The third-order valence-electron chi connectivity index (χ3n) is 5.89. The Morgan fingerprint density at radius 1 is 1.22 bits per heavy atom. The summed E-state index contributed by atoms with van der Waals surface area (Å²) in [7, 11) is 0. The summed E-state index contributed by atoms with van der Waals surface area (Å²) in [5.74, 6) is 0.529. The number of carbonyl (C=O) groups excluding carboxylic acids is 2. The molecule has 5 nitrogen and oxygen atoms in total. The van der Waals surface area contributed by atoms with Gasteiger partial charge in [0.05, 0.1) is 17.7 Å². The van der Waals surface area contributed by atoms with Crippen LogP contribution in [0.4, 0.5) is 0 Å². The first-order chi connectivity index (χ1) is 13.1. The molecule has 4 rings (SSSR count). The highest BCUT2D eigenvalue weighted by Crippen LogP contribution is 2.30. The van der Waals surface area contributed by atoms with Crippen LogP contribution >= 0.6 is 0 Å². The summed E-state index contributed by atoms with van der Waals surface area (Å²) in [6, 6.07) is 8.02. The van der Waals surface area contributed by atoms with Crippen molar-refractivity contribution in [1.29, 1.82) is 0 Å². The molecule has 1 aromatic carbocycles. The van der Waals surface area contributed by atoms with Gasteiger partial charge in [0.1, 0.15) is 0 Å². The average Bonchev–Trinajstić information content (AvgIpc) is 3.26. The lowest BCUT2D eigenvalue weighted by atomic mass is 9.92. The predicted molar refractivity (Wildman–Crippen MR) is 103 cm³/mol. The second kappa shape index (κ2) is 7.31. The fourth-order valence-corrected chi connectivity index (χ4v) is 4.46. The zero-order chi connectivity index (χ0) is 19.0. The quantitative estimate of drug-likeness (QED) is 0.873. The molecule has 2 aromatic rings. The average molecular weight is 366 g/mol. The molecule has 2 N–H and O–H groups in total. The van der Waals surface area contributed by atoms with Crippen molar-refractivity contribution in [3.05, 3.63) is 57.9 Å². The van der Waals surface area contributed by atoms with Gasteiger partial charge in [-0.1, -0.05) is 24.3 Å². The molecule has 1 amide bonds. The SMILES string of the molecule is Cc1[nH]c2c(c1C(=O)N1CC[C@@H](Cc3ccc(CO)cc3)C1)C(=O)CCC2. The van der Waals surface area contributed by atoms with Gasteiger partial charge in [0, 0.05) is 30.9 Å². The molecule has 1 fully saturated rings. The highest BCUT2D eigenvalue weighted by molar-refractivity contribution is 6.10. The second-order valence-corrected chi connectivity index (χ2v) is 7.84. The number of fused-ring (bicyclic) bond motifs is 1. The molecular formula is C22H26N2O3. The number of aryl methyl sites for hydroxylation is 2. The van der Waals surface area contributed by atoms with Crippen molar-refractivity contribution in [2.45, 2.75) is 45.6 Å². The topological polar surface area (TPSA) is 73.4 Å². The van der Waals surface area contributed by atoms with E-state index >= 15 is 0 Å².